The van der Waals surface area contributed by atoms with Crippen molar-refractivity contribution in [2.75, 3.05) is 72.7 Å². The molecule has 0 amide bonds. The van der Waals surface area contributed by atoms with Gasteiger partial charge in [0.05, 0.1) is 84.4 Å². The molecule has 57 heavy (non-hydrogen) atoms. The van der Waals surface area contributed by atoms with Crippen molar-refractivity contribution in [3.8, 4) is 0 Å². The van der Waals surface area contributed by atoms with Gasteiger partial charge < -0.3 is 37.9 Å². The number of rotatable bonds is 35. The van der Waals surface area contributed by atoms with Crippen LogP contribution >= 0.6 is 0 Å². The summed E-state index contributed by atoms with van der Waals surface area (Å²) in [6, 6.07) is 0. The van der Waals surface area contributed by atoms with Gasteiger partial charge in [-0.2, -0.15) is 0 Å². The van der Waals surface area contributed by atoms with Gasteiger partial charge in [-0.25, -0.2) is 0 Å². The fraction of sp³-hybridized carbons (Fsp3) is 1.00. The van der Waals surface area contributed by atoms with E-state index in [1.807, 2.05) is 0 Å². The zero-order chi connectivity index (χ0) is 42.9. The first-order chi connectivity index (χ1) is 26.9. The average molecular weight is 815 g/mol. The van der Waals surface area contributed by atoms with Gasteiger partial charge in [-0.1, -0.05) is 117 Å². The van der Waals surface area contributed by atoms with Crippen molar-refractivity contribution in [1.82, 2.24) is 0 Å². The molecule has 1 rings (SSSR count). The van der Waals surface area contributed by atoms with E-state index in [1.165, 1.54) is 19.3 Å². The molecular formula is C49H98O8. The van der Waals surface area contributed by atoms with E-state index in [1.54, 1.807) is 0 Å². The molecule has 0 aromatic heterocycles. The molecule has 8 atom stereocenters. The summed E-state index contributed by atoms with van der Waals surface area (Å²) in [5.41, 5.74) is 0. The van der Waals surface area contributed by atoms with Gasteiger partial charge in [0.2, 0.25) is 0 Å². The molecule has 1 saturated heterocycles. The van der Waals surface area contributed by atoms with Gasteiger partial charge >= 0.3 is 0 Å². The molecule has 0 aliphatic carbocycles. The molecule has 0 aromatic rings. The predicted octanol–water partition coefficient (Wildman–Crippen LogP) is 11.4. The Morgan fingerprint density at radius 2 is 0.912 bits per heavy atom. The SMILES string of the molecule is CC(C)CC[C@@H](COC[C@H](COCC(COCC(CC(C)C)OC[C@H](CC(C)C)C(C)C)OC(COCC1COCC(CC(C)C)O1)CC(C)C)C(C)C)C(C)C. The quantitative estimate of drug-likeness (QED) is 0.0626. The van der Waals surface area contributed by atoms with Crippen LogP contribution in [-0.4, -0.2) is 103 Å². The van der Waals surface area contributed by atoms with Crippen LogP contribution in [0.1, 0.15) is 149 Å². The first-order valence-electron chi connectivity index (χ1n) is 23.7. The summed E-state index contributed by atoms with van der Waals surface area (Å²) in [6.45, 7) is 43.1. The van der Waals surface area contributed by atoms with Crippen molar-refractivity contribution >= 4 is 0 Å². The maximum Gasteiger partial charge on any atom is 0.105 e. The third-order valence-corrected chi connectivity index (χ3v) is 11.4. The zero-order valence-electron chi connectivity index (χ0n) is 40.5. The highest BCUT2D eigenvalue weighted by Gasteiger charge is 2.27. The van der Waals surface area contributed by atoms with Crippen molar-refractivity contribution in [1.29, 1.82) is 0 Å². The van der Waals surface area contributed by atoms with Gasteiger partial charge in [-0.15, -0.1) is 0 Å². The van der Waals surface area contributed by atoms with Crippen LogP contribution in [0.25, 0.3) is 0 Å². The second-order valence-electron chi connectivity index (χ2n) is 20.9. The number of hydrogen-bond acceptors (Lipinski definition) is 8. The summed E-state index contributed by atoms with van der Waals surface area (Å²) < 4.78 is 51.5. The Kier molecular flexibility index (Phi) is 30.2. The molecule has 0 radical (unpaired) electrons. The second kappa shape index (κ2) is 31.5. The van der Waals surface area contributed by atoms with Crippen LogP contribution in [0, 0.1) is 65.1 Å². The summed E-state index contributed by atoms with van der Waals surface area (Å²) >= 11 is 0. The van der Waals surface area contributed by atoms with Gasteiger partial charge in [-0.05, 0) is 91.3 Å². The van der Waals surface area contributed by atoms with Crippen LogP contribution in [-0.2, 0) is 37.9 Å². The summed E-state index contributed by atoms with van der Waals surface area (Å²) in [5.74, 6) is 5.99. The van der Waals surface area contributed by atoms with E-state index < -0.39 is 0 Å². The van der Waals surface area contributed by atoms with E-state index in [4.69, 9.17) is 37.9 Å². The lowest BCUT2D eigenvalue weighted by molar-refractivity contribution is -0.171. The molecule has 8 nitrogen and oxygen atoms in total. The lowest BCUT2D eigenvalue weighted by Gasteiger charge is -2.32. The van der Waals surface area contributed by atoms with Crippen molar-refractivity contribution in [2.24, 2.45) is 65.1 Å². The highest BCUT2D eigenvalue weighted by atomic mass is 16.6. The van der Waals surface area contributed by atoms with E-state index in [2.05, 4.69) is 111 Å². The summed E-state index contributed by atoms with van der Waals surface area (Å²) in [4.78, 5) is 0. The maximum absolute atomic E-state index is 6.87. The van der Waals surface area contributed by atoms with Gasteiger partial charge in [0, 0.05) is 12.5 Å². The Hall–Kier alpha value is -0.320. The number of hydrogen-bond donors (Lipinski definition) is 0. The highest BCUT2D eigenvalue weighted by molar-refractivity contribution is 4.73. The minimum atomic E-state index is -0.235. The largest absolute Gasteiger partial charge is 0.381 e. The standard InChI is InChI=1S/C49H98O8/c1-34(2)17-18-42(39(11)12)23-50-24-44(41(15)16)25-51-30-48(31-52-27-45(20-36(5)6)55-26-43(40(13)14)19-35(3)4)56-46(21-37(7)8)28-53-32-49-33-54-29-47(57-49)22-38(9)10/h34-49H,17-33H2,1-16H3/t42-,43-,44+,45?,46?,47?,48?,49?/m0/s1. The van der Waals surface area contributed by atoms with Crippen molar-refractivity contribution in [3.05, 3.63) is 0 Å². The third-order valence-electron chi connectivity index (χ3n) is 11.4. The van der Waals surface area contributed by atoms with E-state index >= 15 is 0 Å². The van der Waals surface area contributed by atoms with E-state index in [0.29, 0.717) is 119 Å². The minimum absolute atomic E-state index is 0.0460. The predicted molar refractivity (Wildman–Crippen MR) is 238 cm³/mol. The minimum Gasteiger partial charge on any atom is -0.381 e. The first kappa shape index (κ1) is 54.7. The molecular weight excluding hydrogens is 717 g/mol. The molecule has 1 heterocycles. The molecule has 342 valence electrons. The Morgan fingerprint density at radius 1 is 0.421 bits per heavy atom. The molecule has 0 spiro atoms. The molecule has 0 saturated carbocycles. The molecule has 1 fully saturated rings. The monoisotopic (exact) mass is 815 g/mol. The third kappa shape index (κ3) is 28.0. The van der Waals surface area contributed by atoms with E-state index in [0.717, 1.165) is 38.4 Å². The van der Waals surface area contributed by atoms with Crippen LogP contribution in [0.15, 0.2) is 0 Å². The zero-order valence-corrected chi connectivity index (χ0v) is 40.5. The maximum atomic E-state index is 6.87. The fourth-order valence-corrected chi connectivity index (χ4v) is 7.59. The van der Waals surface area contributed by atoms with Crippen LogP contribution in [0.5, 0.6) is 0 Å². The molecule has 1 aliphatic rings. The van der Waals surface area contributed by atoms with Crippen LogP contribution in [0.3, 0.4) is 0 Å². The van der Waals surface area contributed by atoms with Crippen LogP contribution in [0.2, 0.25) is 0 Å². The van der Waals surface area contributed by atoms with Gasteiger partial charge in [0.15, 0.2) is 0 Å². The first-order valence-corrected chi connectivity index (χ1v) is 23.7. The normalized spacial score (nSPS) is 20.2. The van der Waals surface area contributed by atoms with Gasteiger partial charge in [-0.3, -0.25) is 0 Å². The molecule has 5 unspecified atom stereocenters. The summed E-state index contributed by atoms with van der Waals surface area (Å²) in [7, 11) is 0. The Bertz CT molecular complexity index is 921. The highest BCUT2D eigenvalue weighted by Crippen LogP contribution is 2.24. The Morgan fingerprint density at radius 3 is 1.46 bits per heavy atom. The van der Waals surface area contributed by atoms with Crippen molar-refractivity contribution in [2.45, 2.75) is 180 Å². The molecule has 8 heteroatoms. The van der Waals surface area contributed by atoms with Crippen molar-refractivity contribution < 1.29 is 37.9 Å². The Balaban J connectivity index is 3.00. The van der Waals surface area contributed by atoms with Gasteiger partial charge in [0.1, 0.15) is 12.2 Å². The van der Waals surface area contributed by atoms with Crippen LogP contribution < -0.4 is 0 Å². The topological polar surface area (TPSA) is 73.8 Å². The van der Waals surface area contributed by atoms with Gasteiger partial charge in [0.25, 0.3) is 0 Å². The fourth-order valence-electron chi connectivity index (χ4n) is 7.59. The molecule has 0 bridgehead atoms. The summed E-state index contributed by atoms with van der Waals surface area (Å²) in [5, 5.41) is 0. The van der Waals surface area contributed by atoms with Crippen LogP contribution in [0.4, 0.5) is 0 Å². The summed E-state index contributed by atoms with van der Waals surface area (Å²) in [6.07, 6.45) is 6.29. The lowest BCUT2D eigenvalue weighted by Crippen LogP contribution is -2.40. The van der Waals surface area contributed by atoms with E-state index in [9.17, 15) is 0 Å². The average Bonchev–Trinajstić information content (AvgIpc) is 3.09. The van der Waals surface area contributed by atoms with E-state index in [-0.39, 0.29) is 30.5 Å². The molecule has 0 N–H and O–H groups in total. The van der Waals surface area contributed by atoms with Crippen molar-refractivity contribution in [3.63, 3.8) is 0 Å². The molecule has 0 aromatic carbocycles. The smallest absolute Gasteiger partial charge is 0.105 e. The molecule has 1 aliphatic heterocycles. The second-order valence-corrected chi connectivity index (χ2v) is 20.9. The Labute approximate surface area is 354 Å². The lowest BCUT2D eigenvalue weighted by atomic mass is 9.88. The number of ether oxygens (including phenoxy) is 8.